The van der Waals surface area contributed by atoms with E-state index in [-0.39, 0.29) is 42.8 Å². The minimum atomic E-state index is -3.86. The van der Waals surface area contributed by atoms with Crippen molar-refractivity contribution < 1.29 is 22.9 Å². The molecule has 0 bridgehead atoms. The number of sulfonamides is 1. The minimum absolute atomic E-state index is 0.118. The molecule has 0 unspecified atom stereocenters. The summed E-state index contributed by atoms with van der Waals surface area (Å²) in [4.78, 5) is 27.3. The molecule has 0 N–H and O–H groups in total. The lowest BCUT2D eigenvalue weighted by Crippen LogP contribution is -2.49. The van der Waals surface area contributed by atoms with Crippen LogP contribution in [0.2, 0.25) is 5.02 Å². The van der Waals surface area contributed by atoms with Crippen molar-refractivity contribution in [3.05, 3.63) is 63.2 Å². The maximum Gasteiger partial charge on any atom is 0.293 e. The Labute approximate surface area is 196 Å². The minimum Gasteiger partial charge on any atom is -0.379 e. The first kappa shape index (κ1) is 23.4. The van der Waals surface area contributed by atoms with Crippen LogP contribution in [-0.2, 0) is 14.8 Å². The van der Waals surface area contributed by atoms with Gasteiger partial charge in [-0.25, -0.2) is 8.42 Å². The molecular weight excluding hydrogens is 472 g/mol. The molecule has 10 nitrogen and oxygen atoms in total. The molecule has 0 spiro atoms. The van der Waals surface area contributed by atoms with Crippen LogP contribution in [-0.4, -0.2) is 80.9 Å². The second kappa shape index (κ2) is 9.64. The summed E-state index contributed by atoms with van der Waals surface area (Å²) in [6.07, 6.45) is 0. The Hall–Kier alpha value is -2.73. The number of carbonyl (C=O) groups is 1. The Bertz CT molecular complexity index is 1160. The number of carbonyl (C=O) groups excluding carboxylic acids is 1. The highest BCUT2D eigenvalue weighted by Crippen LogP contribution is 2.33. The Morgan fingerprint density at radius 2 is 1.67 bits per heavy atom. The van der Waals surface area contributed by atoms with Gasteiger partial charge < -0.3 is 14.5 Å². The molecule has 2 aromatic carbocycles. The van der Waals surface area contributed by atoms with Crippen molar-refractivity contribution in [1.29, 1.82) is 0 Å². The van der Waals surface area contributed by atoms with Gasteiger partial charge in [0.1, 0.15) is 5.69 Å². The number of ether oxygens (including phenoxy) is 1. The summed E-state index contributed by atoms with van der Waals surface area (Å²) in [6.45, 7) is 2.44. The van der Waals surface area contributed by atoms with Gasteiger partial charge >= 0.3 is 0 Å². The first-order chi connectivity index (χ1) is 15.8. The van der Waals surface area contributed by atoms with Gasteiger partial charge in [-0.2, -0.15) is 4.31 Å². The molecule has 0 aliphatic carbocycles. The summed E-state index contributed by atoms with van der Waals surface area (Å²) < 4.78 is 32.3. The predicted octanol–water partition coefficient (Wildman–Crippen LogP) is 2.23. The molecule has 2 fully saturated rings. The number of nitrogens with zero attached hydrogens (tertiary/aromatic N) is 4. The van der Waals surface area contributed by atoms with E-state index in [0.29, 0.717) is 42.5 Å². The summed E-state index contributed by atoms with van der Waals surface area (Å²) in [5.41, 5.74) is 0.456. The number of rotatable bonds is 5. The highest BCUT2D eigenvalue weighted by molar-refractivity contribution is 7.89. The second-order valence-electron chi connectivity index (χ2n) is 7.68. The Balaban J connectivity index is 1.52. The SMILES string of the molecule is O=C(c1ccccc1Cl)N1CCN(c2ccc(S(=O)(=O)N3CCOCC3)cc2[N+](=O)[O-])CC1. The van der Waals surface area contributed by atoms with Gasteiger partial charge in [-0.05, 0) is 24.3 Å². The molecule has 0 aromatic heterocycles. The van der Waals surface area contributed by atoms with Crippen LogP contribution in [0, 0.1) is 10.1 Å². The van der Waals surface area contributed by atoms with Gasteiger partial charge in [0.25, 0.3) is 11.6 Å². The highest BCUT2D eigenvalue weighted by Gasteiger charge is 2.31. The van der Waals surface area contributed by atoms with Crippen LogP contribution in [0.1, 0.15) is 10.4 Å². The highest BCUT2D eigenvalue weighted by atomic mass is 35.5. The third kappa shape index (κ3) is 4.81. The van der Waals surface area contributed by atoms with Crippen LogP contribution in [0.3, 0.4) is 0 Å². The van der Waals surface area contributed by atoms with Gasteiger partial charge in [0.05, 0.1) is 33.6 Å². The molecule has 33 heavy (non-hydrogen) atoms. The van der Waals surface area contributed by atoms with Gasteiger partial charge in [-0.3, -0.25) is 14.9 Å². The molecule has 12 heteroatoms. The molecule has 2 saturated heterocycles. The first-order valence-electron chi connectivity index (χ1n) is 10.4. The van der Waals surface area contributed by atoms with Gasteiger partial charge in [0.15, 0.2) is 0 Å². The largest absolute Gasteiger partial charge is 0.379 e. The number of piperazine rings is 1. The number of hydrogen-bond donors (Lipinski definition) is 0. The lowest BCUT2D eigenvalue weighted by Gasteiger charge is -2.36. The first-order valence-corrected chi connectivity index (χ1v) is 12.3. The van der Waals surface area contributed by atoms with E-state index in [4.69, 9.17) is 16.3 Å². The lowest BCUT2D eigenvalue weighted by atomic mass is 10.1. The maximum absolute atomic E-state index is 12.9. The molecular formula is C21H23ClN4O6S. The zero-order valence-corrected chi connectivity index (χ0v) is 19.3. The lowest BCUT2D eigenvalue weighted by molar-refractivity contribution is -0.384. The van der Waals surface area contributed by atoms with Crippen LogP contribution in [0.4, 0.5) is 11.4 Å². The standard InChI is InChI=1S/C21H23ClN4O6S/c22-18-4-2-1-3-17(18)21(27)24-9-7-23(8-10-24)19-6-5-16(15-20(19)26(28)29)33(30,31)25-11-13-32-14-12-25/h1-6,15H,7-14H2. The fraction of sp³-hybridized carbons (Fsp3) is 0.381. The molecule has 4 rings (SSSR count). The van der Waals surface area contributed by atoms with Crippen molar-refractivity contribution in [3.63, 3.8) is 0 Å². The molecule has 176 valence electrons. The van der Waals surface area contributed by atoms with Gasteiger partial charge in [-0.1, -0.05) is 23.7 Å². The second-order valence-corrected chi connectivity index (χ2v) is 10.0. The van der Waals surface area contributed by atoms with Crippen LogP contribution in [0.5, 0.6) is 0 Å². The van der Waals surface area contributed by atoms with E-state index in [2.05, 4.69) is 0 Å². The number of amides is 1. The third-order valence-corrected chi connectivity index (χ3v) is 7.99. The van der Waals surface area contributed by atoms with E-state index in [1.54, 1.807) is 34.1 Å². The quantitative estimate of drug-likeness (QED) is 0.462. The van der Waals surface area contributed by atoms with Crippen molar-refractivity contribution in [1.82, 2.24) is 9.21 Å². The normalized spacial score (nSPS) is 17.7. The van der Waals surface area contributed by atoms with Gasteiger partial charge in [-0.15, -0.1) is 0 Å². The maximum atomic E-state index is 12.9. The van der Waals surface area contributed by atoms with Crippen molar-refractivity contribution >= 4 is 38.9 Å². The Morgan fingerprint density at radius 1 is 1.00 bits per heavy atom. The van der Waals surface area contributed by atoms with E-state index < -0.39 is 14.9 Å². The number of hydrogen-bond acceptors (Lipinski definition) is 7. The van der Waals surface area contributed by atoms with E-state index in [1.807, 2.05) is 0 Å². The summed E-state index contributed by atoms with van der Waals surface area (Å²) in [6, 6.07) is 10.8. The van der Waals surface area contributed by atoms with Crippen LogP contribution < -0.4 is 4.90 Å². The van der Waals surface area contributed by atoms with Crippen LogP contribution in [0.15, 0.2) is 47.4 Å². The Morgan fingerprint density at radius 3 is 2.30 bits per heavy atom. The zero-order valence-electron chi connectivity index (χ0n) is 17.7. The average molecular weight is 495 g/mol. The summed E-state index contributed by atoms with van der Waals surface area (Å²) in [7, 11) is -3.86. The molecule has 0 radical (unpaired) electrons. The zero-order chi connectivity index (χ0) is 23.6. The van der Waals surface area contributed by atoms with Crippen molar-refractivity contribution in [2.24, 2.45) is 0 Å². The van der Waals surface area contributed by atoms with Gasteiger partial charge in [0.2, 0.25) is 10.0 Å². The third-order valence-electron chi connectivity index (χ3n) is 5.76. The molecule has 2 aromatic rings. The summed E-state index contributed by atoms with van der Waals surface area (Å²) >= 11 is 6.13. The Kier molecular flexibility index (Phi) is 6.84. The van der Waals surface area contributed by atoms with E-state index in [1.165, 1.54) is 16.4 Å². The average Bonchev–Trinajstić information content (AvgIpc) is 2.84. The molecule has 1 amide bonds. The number of anilines is 1. The number of morpholine rings is 1. The van der Waals surface area contributed by atoms with Crippen molar-refractivity contribution in [2.75, 3.05) is 57.4 Å². The molecule has 2 aliphatic heterocycles. The number of benzene rings is 2. The number of nitro groups is 1. The fourth-order valence-electron chi connectivity index (χ4n) is 3.97. The van der Waals surface area contributed by atoms with Crippen LogP contribution >= 0.6 is 11.6 Å². The van der Waals surface area contributed by atoms with Crippen LogP contribution in [0.25, 0.3) is 0 Å². The van der Waals surface area contributed by atoms with E-state index in [9.17, 15) is 23.3 Å². The summed E-state index contributed by atoms with van der Waals surface area (Å²) in [5.74, 6) is -0.193. The molecule has 2 heterocycles. The van der Waals surface area contributed by atoms with E-state index >= 15 is 0 Å². The van der Waals surface area contributed by atoms with Gasteiger partial charge in [0, 0.05) is 45.3 Å². The summed E-state index contributed by atoms with van der Waals surface area (Å²) in [5, 5.41) is 12.2. The fourth-order valence-corrected chi connectivity index (χ4v) is 5.61. The predicted molar refractivity (Wildman–Crippen MR) is 122 cm³/mol. The van der Waals surface area contributed by atoms with Crippen molar-refractivity contribution in [3.8, 4) is 0 Å². The molecule has 0 saturated carbocycles. The monoisotopic (exact) mass is 494 g/mol. The smallest absolute Gasteiger partial charge is 0.293 e. The number of nitro benzene ring substituents is 1. The molecule has 2 aliphatic rings. The van der Waals surface area contributed by atoms with Crippen molar-refractivity contribution in [2.45, 2.75) is 4.90 Å². The molecule has 0 atom stereocenters. The van der Waals surface area contributed by atoms with E-state index in [0.717, 1.165) is 6.07 Å². The number of halogens is 1. The topological polar surface area (TPSA) is 113 Å².